The lowest BCUT2D eigenvalue weighted by Crippen LogP contribution is -2.42. The van der Waals surface area contributed by atoms with E-state index in [0.29, 0.717) is 6.04 Å². The average Bonchev–Trinajstić information content (AvgIpc) is 2.34. The van der Waals surface area contributed by atoms with Crippen LogP contribution in [0.3, 0.4) is 0 Å². The molecular formula is C15H31N3O2. The summed E-state index contributed by atoms with van der Waals surface area (Å²) in [5, 5.41) is 3.58. The smallest absolute Gasteiger partial charge is 0.410 e. The number of hydrogen-bond acceptors (Lipinski definition) is 4. The van der Waals surface area contributed by atoms with E-state index in [2.05, 4.69) is 17.3 Å². The van der Waals surface area contributed by atoms with Gasteiger partial charge in [0.05, 0.1) is 0 Å². The Hall–Kier alpha value is -0.810. The predicted molar refractivity (Wildman–Crippen MR) is 82.0 cm³/mol. The second-order valence-corrected chi connectivity index (χ2v) is 6.79. The SMILES string of the molecule is CN1CCC(NCCCN(C)C(=O)OC(C)(C)C)CC1. The normalized spacial score (nSPS) is 18.1. The number of amides is 1. The van der Waals surface area contributed by atoms with Gasteiger partial charge in [0.2, 0.25) is 0 Å². The zero-order valence-corrected chi connectivity index (χ0v) is 13.7. The predicted octanol–water partition coefficient (Wildman–Crippen LogP) is 1.93. The van der Waals surface area contributed by atoms with E-state index in [1.807, 2.05) is 20.8 Å². The highest BCUT2D eigenvalue weighted by Crippen LogP contribution is 2.10. The molecule has 0 atom stereocenters. The Morgan fingerprint density at radius 1 is 1.35 bits per heavy atom. The van der Waals surface area contributed by atoms with Crippen molar-refractivity contribution in [3.05, 3.63) is 0 Å². The van der Waals surface area contributed by atoms with Gasteiger partial charge in [-0.05, 0) is 66.7 Å². The number of rotatable bonds is 5. The summed E-state index contributed by atoms with van der Waals surface area (Å²) >= 11 is 0. The van der Waals surface area contributed by atoms with Crippen LogP contribution in [-0.2, 0) is 4.74 Å². The van der Waals surface area contributed by atoms with E-state index < -0.39 is 5.60 Å². The van der Waals surface area contributed by atoms with Crippen molar-refractivity contribution < 1.29 is 9.53 Å². The minimum absolute atomic E-state index is 0.239. The van der Waals surface area contributed by atoms with Gasteiger partial charge in [0.25, 0.3) is 0 Å². The highest BCUT2D eigenvalue weighted by Gasteiger charge is 2.19. The van der Waals surface area contributed by atoms with Gasteiger partial charge in [-0.25, -0.2) is 4.79 Å². The first-order valence-electron chi connectivity index (χ1n) is 7.64. The van der Waals surface area contributed by atoms with Gasteiger partial charge in [-0.15, -0.1) is 0 Å². The third-order valence-corrected chi connectivity index (χ3v) is 3.53. The maximum Gasteiger partial charge on any atom is 0.410 e. The van der Waals surface area contributed by atoms with E-state index in [1.165, 1.54) is 25.9 Å². The van der Waals surface area contributed by atoms with Crippen LogP contribution >= 0.6 is 0 Å². The summed E-state index contributed by atoms with van der Waals surface area (Å²) in [5.41, 5.74) is -0.419. The van der Waals surface area contributed by atoms with Crippen LogP contribution in [0.4, 0.5) is 4.79 Å². The fourth-order valence-corrected chi connectivity index (χ4v) is 2.27. The van der Waals surface area contributed by atoms with Gasteiger partial charge in [-0.2, -0.15) is 0 Å². The van der Waals surface area contributed by atoms with Crippen LogP contribution in [0, 0.1) is 0 Å². The van der Waals surface area contributed by atoms with E-state index in [0.717, 1.165) is 19.5 Å². The number of nitrogens with zero attached hydrogens (tertiary/aromatic N) is 2. The Morgan fingerprint density at radius 2 is 1.95 bits per heavy atom. The maximum absolute atomic E-state index is 11.8. The molecule has 1 rings (SSSR count). The van der Waals surface area contributed by atoms with E-state index in [4.69, 9.17) is 4.74 Å². The average molecular weight is 285 g/mol. The Kier molecular flexibility index (Phi) is 6.76. The van der Waals surface area contributed by atoms with Gasteiger partial charge in [0, 0.05) is 19.6 Å². The van der Waals surface area contributed by atoms with Crippen LogP contribution in [0.1, 0.15) is 40.0 Å². The highest BCUT2D eigenvalue weighted by atomic mass is 16.6. The number of piperidine rings is 1. The third-order valence-electron chi connectivity index (χ3n) is 3.53. The lowest BCUT2D eigenvalue weighted by molar-refractivity contribution is 0.0297. The van der Waals surface area contributed by atoms with Crippen molar-refractivity contribution in [1.82, 2.24) is 15.1 Å². The van der Waals surface area contributed by atoms with Crippen molar-refractivity contribution in [3.63, 3.8) is 0 Å². The van der Waals surface area contributed by atoms with Crippen molar-refractivity contribution >= 4 is 6.09 Å². The number of nitrogens with one attached hydrogen (secondary N) is 1. The molecule has 1 aliphatic heterocycles. The van der Waals surface area contributed by atoms with E-state index in [1.54, 1.807) is 11.9 Å². The first kappa shape index (κ1) is 17.2. The van der Waals surface area contributed by atoms with Crippen molar-refractivity contribution in [2.75, 3.05) is 40.3 Å². The van der Waals surface area contributed by atoms with Gasteiger partial charge in [0.15, 0.2) is 0 Å². The zero-order valence-electron chi connectivity index (χ0n) is 13.7. The van der Waals surface area contributed by atoms with Crippen molar-refractivity contribution in [2.24, 2.45) is 0 Å². The van der Waals surface area contributed by atoms with Crippen LogP contribution in [0.25, 0.3) is 0 Å². The number of ether oxygens (including phenoxy) is 1. The van der Waals surface area contributed by atoms with Gasteiger partial charge in [-0.3, -0.25) is 0 Å². The van der Waals surface area contributed by atoms with Crippen LogP contribution in [0.15, 0.2) is 0 Å². The molecule has 5 heteroatoms. The largest absolute Gasteiger partial charge is 0.444 e. The number of hydrogen-bond donors (Lipinski definition) is 1. The van der Waals surface area contributed by atoms with E-state index in [9.17, 15) is 4.79 Å². The molecule has 1 heterocycles. The lowest BCUT2D eigenvalue weighted by atomic mass is 10.1. The molecule has 5 nitrogen and oxygen atoms in total. The van der Waals surface area contributed by atoms with Gasteiger partial charge in [0.1, 0.15) is 5.60 Å². The van der Waals surface area contributed by atoms with Crippen molar-refractivity contribution in [3.8, 4) is 0 Å². The summed E-state index contributed by atoms with van der Waals surface area (Å²) in [6.07, 6.45) is 3.16. The second kappa shape index (κ2) is 7.84. The molecule has 0 spiro atoms. The Morgan fingerprint density at radius 3 is 2.50 bits per heavy atom. The van der Waals surface area contributed by atoms with Crippen LogP contribution < -0.4 is 5.32 Å². The molecule has 1 saturated heterocycles. The van der Waals surface area contributed by atoms with Crippen molar-refractivity contribution in [1.29, 1.82) is 0 Å². The first-order chi connectivity index (χ1) is 9.28. The summed E-state index contributed by atoms with van der Waals surface area (Å²) < 4.78 is 5.32. The molecule has 0 aliphatic carbocycles. The highest BCUT2D eigenvalue weighted by molar-refractivity contribution is 5.67. The molecule has 1 aliphatic rings. The fourth-order valence-electron chi connectivity index (χ4n) is 2.27. The van der Waals surface area contributed by atoms with Gasteiger partial charge >= 0.3 is 6.09 Å². The molecule has 0 bridgehead atoms. The molecule has 0 unspecified atom stereocenters. The molecule has 1 N–H and O–H groups in total. The molecule has 0 aromatic heterocycles. The minimum atomic E-state index is -0.419. The Balaban J connectivity index is 2.10. The van der Waals surface area contributed by atoms with Gasteiger partial charge in [-0.1, -0.05) is 0 Å². The maximum atomic E-state index is 11.8. The third kappa shape index (κ3) is 7.10. The molecule has 1 fully saturated rings. The van der Waals surface area contributed by atoms with E-state index >= 15 is 0 Å². The lowest BCUT2D eigenvalue weighted by Gasteiger charge is -2.30. The zero-order chi connectivity index (χ0) is 15.2. The first-order valence-corrected chi connectivity index (χ1v) is 7.64. The van der Waals surface area contributed by atoms with Crippen LogP contribution in [0.2, 0.25) is 0 Å². The Labute approximate surface area is 123 Å². The summed E-state index contributed by atoms with van der Waals surface area (Å²) in [6, 6.07) is 0.637. The molecule has 118 valence electrons. The fraction of sp³-hybridized carbons (Fsp3) is 0.933. The number of carbonyl (C=O) groups excluding carboxylic acids is 1. The molecule has 0 saturated carbocycles. The second-order valence-electron chi connectivity index (χ2n) is 6.79. The summed E-state index contributed by atoms with van der Waals surface area (Å²) in [5.74, 6) is 0. The molecule has 1 amide bonds. The summed E-state index contributed by atoms with van der Waals surface area (Å²) in [4.78, 5) is 15.8. The quantitative estimate of drug-likeness (QED) is 0.784. The monoisotopic (exact) mass is 285 g/mol. The molecular weight excluding hydrogens is 254 g/mol. The minimum Gasteiger partial charge on any atom is -0.444 e. The Bertz CT molecular complexity index is 294. The standard InChI is InChI=1S/C15H31N3O2/c1-15(2,3)20-14(19)18(5)10-6-9-16-13-7-11-17(4)12-8-13/h13,16H,6-12H2,1-5H3. The molecule has 0 aromatic carbocycles. The van der Waals surface area contributed by atoms with Gasteiger partial charge < -0.3 is 19.9 Å². The summed E-state index contributed by atoms with van der Waals surface area (Å²) in [6.45, 7) is 9.71. The molecule has 0 aromatic rings. The van der Waals surface area contributed by atoms with Crippen LogP contribution in [0.5, 0.6) is 0 Å². The topological polar surface area (TPSA) is 44.8 Å². The molecule has 20 heavy (non-hydrogen) atoms. The number of likely N-dealkylation sites (tertiary alicyclic amines) is 1. The van der Waals surface area contributed by atoms with Crippen molar-refractivity contribution in [2.45, 2.75) is 51.7 Å². The molecule has 0 radical (unpaired) electrons. The van der Waals surface area contributed by atoms with E-state index in [-0.39, 0.29) is 6.09 Å². The number of carbonyl (C=O) groups is 1. The summed E-state index contributed by atoms with van der Waals surface area (Å²) in [7, 11) is 3.97. The van der Waals surface area contributed by atoms with Crippen LogP contribution in [-0.4, -0.2) is 67.8 Å².